The van der Waals surface area contributed by atoms with Crippen LogP contribution in [0.4, 0.5) is 4.39 Å². The summed E-state index contributed by atoms with van der Waals surface area (Å²) in [5, 5.41) is 0. The molecule has 1 rings (SSSR count). The molecule has 4 nitrogen and oxygen atoms in total. The van der Waals surface area contributed by atoms with Crippen LogP contribution < -0.4 is 5.73 Å². The molecule has 6 heteroatoms. The number of rotatable bonds is 6. The van der Waals surface area contributed by atoms with Crippen LogP contribution in [0.2, 0.25) is 0 Å². The van der Waals surface area contributed by atoms with Crippen LogP contribution in [0.25, 0.3) is 0 Å². The number of nitrogens with two attached hydrogens (primary N) is 1. The fourth-order valence-electron chi connectivity index (χ4n) is 1.47. The van der Waals surface area contributed by atoms with Crippen molar-refractivity contribution in [3.63, 3.8) is 0 Å². The van der Waals surface area contributed by atoms with Gasteiger partial charge in [0, 0.05) is 13.1 Å². The second kappa shape index (κ2) is 6.09. The molecule has 0 bridgehead atoms. The van der Waals surface area contributed by atoms with Crippen molar-refractivity contribution < 1.29 is 12.8 Å². The summed E-state index contributed by atoms with van der Waals surface area (Å²) in [7, 11) is -3.53. The summed E-state index contributed by atoms with van der Waals surface area (Å²) in [6.45, 7) is 2.96. The van der Waals surface area contributed by atoms with Gasteiger partial charge in [0.05, 0.1) is 4.90 Å². The fourth-order valence-corrected chi connectivity index (χ4v) is 2.96. The molecule has 96 valence electrons. The van der Waals surface area contributed by atoms with E-state index in [1.807, 2.05) is 0 Å². The molecule has 0 aromatic heterocycles. The minimum atomic E-state index is -3.53. The van der Waals surface area contributed by atoms with E-state index in [2.05, 4.69) is 0 Å². The van der Waals surface area contributed by atoms with Crippen molar-refractivity contribution in [2.24, 2.45) is 5.73 Å². The topological polar surface area (TPSA) is 63.4 Å². The summed E-state index contributed by atoms with van der Waals surface area (Å²) in [6, 6.07) is 4.83. The Morgan fingerprint density at radius 2 is 1.88 bits per heavy atom. The molecule has 0 atom stereocenters. The molecule has 1 aromatic rings. The van der Waals surface area contributed by atoms with E-state index in [9.17, 15) is 12.8 Å². The number of nitrogens with zero attached hydrogens (tertiary/aromatic N) is 1. The highest BCUT2D eigenvalue weighted by Gasteiger charge is 2.22. The Kier molecular flexibility index (Phi) is 5.04. The van der Waals surface area contributed by atoms with Gasteiger partial charge in [-0.3, -0.25) is 0 Å². The monoisotopic (exact) mass is 260 g/mol. The van der Waals surface area contributed by atoms with E-state index in [-0.39, 0.29) is 4.90 Å². The van der Waals surface area contributed by atoms with Crippen LogP contribution in [0.5, 0.6) is 0 Å². The van der Waals surface area contributed by atoms with Crippen LogP contribution in [0.1, 0.15) is 13.3 Å². The van der Waals surface area contributed by atoms with Crippen LogP contribution in [-0.4, -0.2) is 32.4 Å². The summed E-state index contributed by atoms with van der Waals surface area (Å²) >= 11 is 0. The highest BCUT2D eigenvalue weighted by atomic mass is 32.2. The molecule has 2 N–H and O–H groups in total. The third-order valence-electron chi connectivity index (χ3n) is 2.42. The largest absolute Gasteiger partial charge is 0.330 e. The first-order valence-corrected chi connectivity index (χ1v) is 6.92. The van der Waals surface area contributed by atoms with Crippen molar-refractivity contribution in [3.8, 4) is 0 Å². The lowest BCUT2D eigenvalue weighted by Crippen LogP contribution is -2.32. The molecule has 17 heavy (non-hydrogen) atoms. The van der Waals surface area contributed by atoms with Crippen LogP contribution in [0.15, 0.2) is 29.2 Å². The summed E-state index contributed by atoms with van der Waals surface area (Å²) in [5.74, 6) is -0.450. The first-order chi connectivity index (χ1) is 8.02. The second-order valence-electron chi connectivity index (χ2n) is 3.59. The van der Waals surface area contributed by atoms with Crippen molar-refractivity contribution in [2.45, 2.75) is 18.2 Å². The molecule has 0 aliphatic rings. The van der Waals surface area contributed by atoms with E-state index in [0.717, 1.165) is 12.1 Å². The van der Waals surface area contributed by atoms with E-state index < -0.39 is 15.8 Å². The first kappa shape index (κ1) is 14.1. The van der Waals surface area contributed by atoms with Gasteiger partial charge in [-0.05, 0) is 37.2 Å². The molecule has 1 aromatic carbocycles. The zero-order valence-electron chi connectivity index (χ0n) is 9.77. The van der Waals surface area contributed by atoms with E-state index in [0.29, 0.717) is 26.1 Å². The van der Waals surface area contributed by atoms with Crippen molar-refractivity contribution >= 4 is 10.0 Å². The van der Waals surface area contributed by atoms with Gasteiger partial charge in [0.25, 0.3) is 0 Å². The van der Waals surface area contributed by atoms with E-state index in [1.165, 1.54) is 16.4 Å². The van der Waals surface area contributed by atoms with E-state index >= 15 is 0 Å². The Labute approximate surface area is 101 Å². The normalized spacial score (nSPS) is 12.0. The molecule has 0 fully saturated rings. The highest BCUT2D eigenvalue weighted by Crippen LogP contribution is 2.16. The Hall–Kier alpha value is -0.980. The first-order valence-electron chi connectivity index (χ1n) is 5.48. The average molecular weight is 260 g/mol. The maximum absolute atomic E-state index is 12.7. The SMILES string of the molecule is CCN(CCCN)S(=O)(=O)c1ccc(F)cc1. The number of halogens is 1. The van der Waals surface area contributed by atoms with Crippen LogP contribution in [0, 0.1) is 5.82 Å². The molecule has 0 saturated heterocycles. The Bertz CT molecular complexity index is 445. The van der Waals surface area contributed by atoms with Gasteiger partial charge < -0.3 is 5.73 Å². The van der Waals surface area contributed by atoms with Crippen molar-refractivity contribution in [1.82, 2.24) is 4.31 Å². The van der Waals surface area contributed by atoms with Crippen LogP contribution in [0.3, 0.4) is 0 Å². The quantitative estimate of drug-likeness (QED) is 0.835. The second-order valence-corrected chi connectivity index (χ2v) is 5.53. The summed E-state index contributed by atoms with van der Waals surface area (Å²) in [4.78, 5) is 0.109. The fraction of sp³-hybridized carbons (Fsp3) is 0.455. The standard InChI is InChI=1S/C11H17FN2O2S/c1-2-14(9-3-8-13)17(15,16)11-6-4-10(12)5-7-11/h4-7H,2-3,8-9,13H2,1H3. The third kappa shape index (κ3) is 3.49. The van der Waals surface area contributed by atoms with Crippen LogP contribution in [-0.2, 0) is 10.0 Å². The van der Waals surface area contributed by atoms with Gasteiger partial charge in [0.15, 0.2) is 0 Å². The van der Waals surface area contributed by atoms with Gasteiger partial charge in [-0.25, -0.2) is 12.8 Å². The predicted octanol–water partition coefficient (Wildman–Crippen LogP) is 1.19. The van der Waals surface area contributed by atoms with E-state index in [4.69, 9.17) is 5.73 Å². The minimum absolute atomic E-state index is 0.109. The summed E-state index contributed by atoms with van der Waals surface area (Å²) < 4.78 is 38.4. The summed E-state index contributed by atoms with van der Waals surface area (Å²) in [6.07, 6.45) is 0.605. The van der Waals surface area contributed by atoms with Crippen molar-refractivity contribution in [1.29, 1.82) is 0 Å². The highest BCUT2D eigenvalue weighted by molar-refractivity contribution is 7.89. The summed E-state index contributed by atoms with van der Waals surface area (Å²) in [5.41, 5.74) is 5.36. The van der Waals surface area contributed by atoms with E-state index in [1.54, 1.807) is 6.92 Å². The predicted molar refractivity (Wildman–Crippen MR) is 64.5 cm³/mol. The minimum Gasteiger partial charge on any atom is -0.330 e. The number of hydrogen-bond donors (Lipinski definition) is 1. The lowest BCUT2D eigenvalue weighted by atomic mass is 10.4. The molecule has 0 spiro atoms. The molecule has 0 amide bonds. The number of hydrogen-bond acceptors (Lipinski definition) is 3. The molecular formula is C11H17FN2O2S. The zero-order chi connectivity index (χ0) is 12.9. The molecule has 0 saturated carbocycles. The Balaban J connectivity index is 2.95. The molecule has 0 aliphatic heterocycles. The van der Waals surface area contributed by atoms with Gasteiger partial charge in [0.2, 0.25) is 10.0 Å². The number of benzene rings is 1. The lowest BCUT2D eigenvalue weighted by Gasteiger charge is -2.20. The lowest BCUT2D eigenvalue weighted by molar-refractivity contribution is 0.423. The molecule has 0 radical (unpaired) electrons. The van der Waals surface area contributed by atoms with Crippen LogP contribution >= 0.6 is 0 Å². The molecule has 0 heterocycles. The molecule has 0 aliphatic carbocycles. The molecule has 0 unspecified atom stereocenters. The Morgan fingerprint density at radius 1 is 1.29 bits per heavy atom. The maximum Gasteiger partial charge on any atom is 0.243 e. The zero-order valence-corrected chi connectivity index (χ0v) is 10.6. The van der Waals surface area contributed by atoms with Gasteiger partial charge in [0.1, 0.15) is 5.82 Å². The van der Waals surface area contributed by atoms with Gasteiger partial charge in [-0.1, -0.05) is 6.92 Å². The maximum atomic E-state index is 12.7. The third-order valence-corrected chi connectivity index (χ3v) is 4.40. The Morgan fingerprint density at radius 3 is 2.35 bits per heavy atom. The van der Waals surface area contributed by atoms with Crippen molar-refractivity contribution in [3.05, 3.63) is 30.1 Å². The van der Waals surface area contributed by atoms with Crippen molar-refractivity contribution in [2.75, 3.05) is 19.6 Å². The van der Waals surface area contributed by atoms with Gasteiger partial charge in [-0.2, -0.15) is 4.31 Å². The smallest absolute Gasteiger partial charge is 0.243 e. The van der Waals surface area contributed by atoms with Gasteiger partial charge in [-0.15, -0.1) is 0 Å². The average Bonchev–Trinajstić information content (AvgIpc) is 2.30. The number of sulfonamides is 1. The van der Waals surface area contributed by atoms with Gasteiger partial charge >= 0.3 is 0 Å². The molecular weight excluding hydrogens is 243 g/mol.